The fourth-order valence-electron chi connectivity index (χ4n) is 2.31. The molecule has 0 aromatic heterocycles. The van der Waals surface area contributed by atoms with Gasteiger partial charge in [-0.1, -0.05) is 69.3 Å². The van der Waals surface area contributed by atoms with Crippen LogP contribution in [0.5, 0.6) is 0 Å². The molecule has 0 saturated carbocycles. The van der Waals surface area contributed by atoms with Gasteiger partial charge >= 0.3 is 5.97 Å². The Bertz CT molecular complexity index is 600. The normalized spacial score (nSPS) is 12.9. The molecule has 1 N–H and O–H groups in total. The fourth-order valence-corrected chi connectivity index (χ4v) is 5.21. The van der Waals surface area contributed by atoms with Crippen molar-refractivity contribution in [2.45, 2.75) is 25.9 Å². The predicted molar refractivity (Wildman–Crippen MR) is 85.8 cm³/mol. The van der Waals surface area contributed by atoms with E-state index in [2.05, 4.69) is 32.9 Å². The molecule has 0 aliphatic carbocycles. The van der Waals surface area contributed by atoms with Crippen molar-refractivity contribution in [1.82, 2.24) is 0 Å². The van der Waals surface area contributed by atoms with Crippen LogP contribution in [0.4, 0.5) is 0 Å². The molecule has 20 heavy (non-hydrogen) atoms. The van der Waals surface area contributed by atoms with Crippen molar-refractivity contribution in [1.29, 1.82) is 0 Å². The molecule has 0 aliphatic heterocycles. The molecule has 0 heterocycles. The Balaban J connectivity index is 2.63. The molecular formula is C17H19O2P. The number of aromatic carboxylic acids is 1. The number of carboxylic acids is 1. The second-order valence-corrected chi connectivity index (χ2v) is 8.67. The molecule has 0 amide bonds. The van der Waals surface area contributed by atoms with Crippen molar-refractivity contribution in [3.8, 4) is 0 Å². The monoisotopic (exact) mass is 286 g/mol. The Kier molecular flexibility index (Phi) is 4.25. The summed E-state index contributed by atoms with van der Waals surface area (Å²) in [6.07, 6.45) is 0. The summed E-state index contributed by atoms with van der Waals surface area (Å²) in [5.41, 5.74) is 0.414. The molecule has 3 heteroatoms. The smallest absolute Gasteiger partial charge is 0.336 e. The Hall–Kier alpha value is -1.66. The average molecular weight is 286 g/mol. The third-order valence-electron chi connectivity index (χ3n) is 3.06. The van der Waals surface area contributed by atoms with Gasteiger partial charge in [-0.3, -0.25) is 0 Å². The third-order valence-corrected chi connectivity index (χ3v) is 6.09. The molecule has 104 valence electrons. The number of hydrogen-bond donors (Lipinski definition) is 1. The molecule has 0 radical (unpaired) electrons. The van der Waals surface area contributed by atoms with Gasteiger partial charge in [-0.2, -0.15) is 0 Å². The summed E-state index contributed by atoms with van der Waals surface area (Å²) in [5.74, 6) is -0.853. The molecule has 0 fully saturated rings. The number of rotatable bonds is 3. The first-order valence-electron chi connectivity index (χ1n) is 6.59. The van der Waals surface area contributed by atoms with E-state index in [1.165, 1.54) is 5.30 Å². The molecule has 0 saturated heterocycles. The van der Waals surface area contributed by atoms with Crippen LogP contribution in [0.3, 0.4) is 0 Å². The number of carboxylic acid groups (broad SMARTS) is 1. The summed E-state index contributed by atoms with van der Waals surface area (Å²) >= 11 is 0. The summed E-state index contributed by atoms with van der Waals surface area (Å²) in [4.78, 5) is 11.5. The maximum absolute atomic E-state index is 11.5. The first kappa shape index (κ1) is 14.7. The summed E-state index contributed by atoms with van der Waals surface area (Å²) < 4.78 is 0. The second kappa shape index (κ2) is 5.76. The van der Waals surface area contributed by atoms with Crippen LogP contribution in [0.25, 0.3) is 0 Å². The van der Waals surface area contributed by atoms with Crippen molar-refractivity contribution in [3.63, 3.8) is 0 Å². The molecule has 1 unspecified atom stereocenters. The Morgan fingerprint density at radius 3 is 2.05 bits per heavy atom. The van der Waals surface area contributed by atoms with Gasteiger partial charge in [0.2, 0.25) is 0 Å². The van der Waals surface area contributed by atoms with Crippen LogP contribution in [0.1, 0.15) is 31.1 Å². The summed E-state index contributed by atoms with van der Waals surface area (Å²) in [6, 6.07) is 17.6. The summed E-state index contributed by atoms with van der Waals surface area (Å²) in [5, 5.41) is 11.6. The highest BCUT2D eigenvalue weighted by Gasteiger charge is 2.30. The van der Waals surface area contributed by atoms with E-state index < -0.39 is 13.9 Å². The topological polar surface area (TPSA) is 37.3 Å². The van der Waals surface area contributed by atoms with Crippen molar-refractivity contribution in [2.24, 2.45) is 0 Å². The Morgan fingerprint density at radius 1 is 0.950 bits per heavy atom. The van der Waals surface area contributed by atoms with E-state index >= 15 is 0 Å². The van der Waals surface area contributed by atoms with Crippen LogP contribution in [0, 0.1) is 0 Å². The molecule has 2 aromatic rings. The van der Waals surface area contributed by atoms with Gasteiger partial charge in [0.15, 0.2) is 0 Å². The Labute approximate surface area is 121 Å². The number of benzene rings is 2. The van der Waals surface area contributed by atoms with Gasteiger partial charge in [0, 0.05) is 0 Å². The van der Waals surface area contributed by atoms with Crippen molar-refractivity contribution in [3.05, 3.63) is 60.2 Å². The fraction of sp³-hybridized carbons (Fsp3) is 0.235. The lowest BCUT2D eigenvalue weighted by molar-refractivity contribution is 0.0698. The standard InChI is InChI=1S/C17H19O2P/c1-17(2,3)20(13-9-5-4-6-10-13)15-12-8-7-11-14(15)16(18)19/h4-12H,1-3H3,(H,18,19). The van der Waals surface area contributed by atoms with Gasteiger partial charge in [0.25, 0.3) is 0 Å². The van der Waals surface area contributed by atoms with E-state index in [1.807, 2.05) is 30.3 Å². The highest BCUT2D eigenvalue weighted by atomic mass is 31.1. The second-order valence-electron chi connectivity index (χ2n) is 5.66. The maximum atomic E-state index is 11.5. The third kappa shape index (κ3) is 3.08. The molecule has 2 rings (SSSR count). The minimum absolute atomic E-state index is 0.00222. The van der Waals surface area contributed by atoms with Gasteiger partial charge in [0.1, 0.15) is 0 Å². The van der Waals surface area contributed by atoms with Crippen LogP contribution < -0.4 is 10.6 Å². The van der Waals surface area contributed by atoms with E-state index in [0.717, 1.165) is 5.30 Å². The van der Waals surface area contributed by atoms with E-state index in [4.69, 9.17) is 0 Å². The van der Waals surface area contributed by atoms with Crippen molar-refractivity contribution >= 4 is 24.5 Å². The molecule has 0 bridgehead atoms. The van der Waals surface area contributed by atoms with Crippen LogP contribution in [0.2, 0.25) is 0 Å². The largest absolute Gasteiger partial charge is 0.478 e. The van der Waals surface area contributed by atoms with E-state index in [0.29, 0.717) is 5.56 Å². The lowest BCUT2D eigenvalue weighted by atomic mass is 10.2. The molecular weight excluding hydrogens is 267 g/mol. The Morgan fingerprint density at radius 2 is 1.50 bits per heavy atom. The SMILES string of the molecule is CC(C)(C)P(c1ccccc1)c1ccccc1C(=O)O. The van der Waals surface area contributed by atoms with Crippen LogP contribution in [-0.4, -0.2) is 16.2 Å². The van der Waals surface area contributed by atoms with Gasteiger partial charge in [-0.25, -0.2) is 4.79 Å². The predicted octanol–water partition coefficient (Wildman–Crippen LogP) is 3.62. The number of carbonyl (C=O) groups is 1. The van der Waals surface area contributed by atoms with Crippen LogP contribution in [0.15, 0.2) is 54.6 Å². The molecule has 2 nitrogen and oxygen atoms in total. The zero-order valence-electron chi connectivity index (χ0n) is 12.0. The lowest BCUT2D eigenvalue weighted by Crippen LogP contribution is -2.29. The van der Waals surface area contributed by atoms with E-state index in [1.54, 1.807) is 12.1 Å². The summed E-state index contributed by atoms with van der Waals surface area (Å²) in [6.45, 7) is 6.51. The zero-order valence-corrected chi connectivity index (χ0v) is 12.9. The quantitative estimate of drug-likeness (QED) is 0.875. The van der Waals surface area contributed by atoms with Gasteiger partial charge in [-0.05, 0) is 29.8 Å². The van der Waals surface area contributed by atoms with Gasteiger partial charge < -0.3 is 5.11 Å². The minimum Gasteiger partial charge on any atom is -0.478 e. The van der Waals surface area contributed by atoms with Crippen molar-refractivity contribution in [2.75, 3.05) is 0 Å². The van der Waals surface area contributed by atoms with Crippen LogP contribution >= 0.6 is 7.92 Å². The first-order chi connectivity index (χ1) is 9.41. The summed E-state index contributed by atoms with van der Waals surface area (Å²) in [7, 11) is -0.726. The lowest BCUT2D eigenvalue weighted by Gasteiger charge is -2.33. The maximum Gasteiger partial charge on any atom is 0.336 e. The average Bonchev–Trinajstić information content (AvgIpc) is 2.39. The first-order valence-corrected chi connectivity index (χ1v) is 7.93. The highest BCUT2D eigenvalue weighted by molar-refractivity contribution is 7.74. The zero-order chi connectivity index (χ0) is 14.8. The van der Waals surface area contributed by atoms with Gasteiger partial charge in [-0.15, -0.1) is 0 Å². The molecule has 0 aliphatic rings. The van der Waals surface area contributed by atoms with Crippen molar-refractivity contribution < 1.29 is 9.90 Å². The van der Waals surface area contributed by atoms with E-state index in [-0.39, 0.29) is 5.16 Å². The molecule has 1 atom stereocenters. The van der Waals surface area contributed by atoms with E-state index in [9.17, 15) is 9.90 Å². The van der Waals surface area contributed by atoms with Gasteiger partial charge in [0.05, 0.1) is 5.56 Å². The number of hydrogen-bond acceptors (Lipinski definition) is 1. The molecule has 0 spiro atoms. The highest BCUT2D eigenvalue weighted by Crippen LogP contribution is 2.47. The van der Waals surface area contributed by atoms with Crippen LogP contribution in [-0.2, 0) is 0 Å². The minimum atomic E-state index is -0.853. The molecule has 2 aromatic carbocycles.